The number of likely N-dealkylation sites (tertiary alicyclic amines) is 1. The lowest BCUT2D eigenvalue weighted by molar-refractivity contribution is 0.247. The van der Waals surface area contributed by atoms with Crippen molar-refractivity contribution in [2.75, 3.05) is 51.8 Å². The van der Waals surface area contributed by atoms with E-state index in [0.29, 0.717) is 23.9 Å². The van der Waals surface area contributed by atoms with Gasteiger partial charge in [-0.05, 0) is 61.7 Å². The van der Waals surface area contributed by atoms with Crippen LogP contribution in [0, 0.1) is 17.7 Å². The molecule has 8 heteroatoms. The molecular formula is C24H28FN5O2. The Labute approximate surface area is 186 Å². The molecule has 2 saturated heterocycles. The molecule has 3 heterocycles. The first-order chi connectivity index (χ1) is 15.7. The highest BCUT2D eigenvalue weighted by molar-refractivity contribution is 5.93. The first kappa shape index (κ1) is 20.9. The summed E-state index contributed by atoms with van der Waals surface area (Å²) in [5.74, 6) is 3.28. The Balaban J connectivity index is 1.27. The van der Waals surface area contributed by atoms with Crippen molar-refractivity contribution >= 4 is 22.4 Å². The van der Waals surface area contributed by atoms with Gasteiger partial charge in [-0.15, -0.1) is 0 Å². The third-order valence-electron chi connectivity index (χ3n) is 6.37. The Hall–Kier alpha value is -2.97. The zero-order valence-electron chi connectivity index (χ0n) is 18.2. The Morgan fingerprint density at radius 3 is 2.62 bits per heavy atom. The fourth-order valence-electron chi connectivity index (χ4n) is 4.71. The van der Waals surface area contributed by atoms with Gasteiger partial charge in [-0.25, -0.2) is 14.4 Å². The van der Waals surface area contributed by atoms with Crippen LogP contribution in [0.2, 0.25) is 0 Å². The summed E-state index contributed by atoms with van der Waals surface area (Å²) in [6.45, 7) is 6.34. The van der Waals surface area contributed by atoms with Gasteiger partial charge in [0.25, 0.3) is 0 Å². The maximum atomic E-state index is 13.2. The van der Waals surface area contributed by atoms with Gasteiger partial charge in [0.05, 0.1) is 19.2 Å². The van der Waals surface area contributed by atoms with Crippen LogP contribution in [0.3, 0.4) is 0 Å². The maximum absolute atomic E-state index is 13.2. The van der Waals surface area contributed by atoms with E-state index in [0.717, 1.165) is 54.5 Å². The van der Waals surface area contributed by atoms with Gasteiger partial charge in [0.15, 0.2) is 11.5 Å². The van der Waals surface area contributed by atoms with Gasteiger partial charge in [-0.1, -0.05) is 0 Å². The molecule has 0 bridgehead atoms. The zero-order chi connectivity index (χ0) is 21.9. The first-order valence-corrected chi connectivity index (χ1v) is 11.1. The normalized spacial score (nSPS) is 20.4. The molecule has 0 spiro atoms. The number of anilines is 2. The summed E-state index contributed by atoms with van der Waals surface area (Å²) >= 11 is 0. The van der Waals surface area contributed by atoms with Crippen LogP contribution < -0.4 is 20.1 Å². The summed E-state index contributed by atoms with van der Waals surface area (Å²) in [5.41, 5.74) is 1.49. The number of fused-ring (bicyclic) bond motifs is 2. The molecule has 2 aliphatic heterocycles. The van der Waals surface area contributed by atoms with Gasteiger partial charge in [-0.3, -0.25) is 0 Å². The number of benzene rings is 2. The number of rotatable bonds is 8. The SMILES string of the molecule is COc1cc2ncnc(Nc3ccc(F)cc3)c2cc1OCCCN1CC2CNCC2C1. The molecule has 2 aliphatic rings. The summed E-state index contributed by atoms with van der Waals surface area (Å²) < 4.78 is 24.9. The van der Waals surface area contributed by atoms with Crippen LogP contribution >= 0.6 is 0 Å². The summed E-state index contributed by atoms with van der Waals surface area (Å²) in [6, 6.07) is 9.93. The lowest BCUT2D eigenvalue weighted by Gasteiger charge is -2.18. The molecule has 0 saturated carbocycles. The largest absolute Gasteiger partial charge is 0.493 e. The van der Waals surface area contributed by atoms with Crippen LogP contribution in [0.1, 0.15) is 6.42 Å². The molecule has 2 N–H and O–H groups in total. The van der Waals surface area contributed by atoms with Crippen molar-refractivity contribution in [3.05, 3.63) is 48.5 Å². The van der Waals surface area contributed by atoms with E-state index in [4.69, 9.17) is 9.47 Å². The monoisotopic (exact) mass is 437 g/mol. The van der Waals surface area contributed by atoms with Crippen molar-refractivity contribution in [1.82, 2.24) is 20.2 Å². The van der Waals surface area contributed by atoms with E-state index in [-0.39, 0.29) is 5.82 Å². The molecule has 2 unspecified atom stereocenters. The van der Waals surface area contributed by atoms with Crippen molar-refractivity contribution in [3.63, 3.8) is 0 Å². The maximum Gasteiger partial charge on any atom is 0.162 e. The lowest BCUT2D eigenvalue weighted by atomic mass is 10.0. The van der Waals surface area contributed by atoms with Crippen LogP contribution in [0.25, 0.3) is 10.9 Å². The van der Waals surface area contributed by atoms with Gasteiger partial charge >= 0.3 is 0 Å². The van der Waals surface area contributed by atoms with Crippen molar-refractivity contribution in [1.29, 1.82) is 0 Å². The highest BCUT2D eigenvalue weighted by Gasteiger charge is 2.35. The van der Waals surface area contributed by atoms with E-state index in [9.17, 15) is 4.39 Å². The summed E-state index contributed by atoms with van der Waals surface area (Å²) in [6.07, 6.45) is 2.45. The Bertz CT molecular complexity index is 1070. The molecule has 168 valence electrons. The average Bonchev–Trinajstić information content (AvgIpc) is 3.40. The van der Waals surface area contributed by atoms with Crippen molar-refractivity contribution in [2.24, 2.45) is 11.8 Å². The van der Waals surface area contributed by atoms with Crippen LogP contribution in [0.5, 0.6) is 11.5 Å². The van der Waals surface area contributed by atoms with Crippen LogP contribution in [-0.2, 0) is 0 Å². The third-order valence-corrected chi connectivity index (χ3v) is 6.37. The lowest BCUT2D eigenvalue weighted by Crippen LogP contribution is -2.27. The average molecular weight is 438 g/mol. The number of methoxy groups -OCH3 is 1. The molecule has 3 aromatic rings. The Kier molecular flexibility index (Phi) is 6.05. The number of hydrogen-bond acceptors (Lipinski definition) is 7. The molecule has 5 rings (SSSR count). The van der Waals surface area contributed by atoms with Crippen molar-refractivity contribution in [2.45, 2.75) is 6.42 Å². The third kappa shape index (κ3) is 4.47. The molecule has 0 amide bonds. The van der Waals surface area contributed by atoms with E-state index in [1.807, 2.05) is 12.1 Å². The van der Waals surface area contributed by atoms with E-state index < -0.39 is 0 Å². The van der Waals surface area contributed by atoms with E-state index in [1.165, 1.54) is 31.5 Å². The van der Waals surface area contributed by atoms with Crippen LogP contribution in [0.15, 0.2) is 42.7 Å². The minimum absolute atomic E-state index is 0.280. The molecule has 0 aliphatic carbocycles. The smallest absolute Gasteiger partial charge is 0.162 e. The fourth-order valence-corrected chi connectivity index (χ4v) is 4.71. The van der Waals surface area contributed by atoms with E-state index >= 15 is 0 Å². The van der Waals surface area contributed by atoms with Gasteiger partial charge in [-0.2, -0.15) is 0 Å². The molecule has 7 nitrogen and oxygen atoms in total. The van der Waals surface area contributed by atoms with Crippen LogP contribution in [-0.4, -0.2) is 61.3 Å². The second-order valence-electron chi connectivity index (χ2n) is 8.51. The van der Waals surface area contributed by atoms with Crippen LogP contribution in [0.4, 0.5) is 15.9 Å². The molecule has 2 fully saturated rings. The predicted molar refractivity (Wildman–Crippen MR) is 122 cm³/mol. The van der Waals surface area contributed by atoms with Gasteiger partial charge in [0.2, 0.25) is 0 Å². The topological polar surface area (TPSA) is 71.5 Å². The second kappa shape index (κ2) is 9.26. The Morgan fingerprint density at radius 2 is 1.88 bits per heavy atom. The summed E-state index contributed by atoms with van der Waals surface area (Å²) in [4.78, 5) is 11.3. The number of nitrogens with one attached hydrogen (secondary N) is 2. The standard InChI is InChI=1S/C24H28FN5O2/c1-31-22-10-21-20(24(28-15-27-21)29-19-5-3-18(25)4-6-19)9-23(22)32-8-2-7-30-13-16-11-26-12-17(16)14-30/h3-6,9-10,15-17,26H,2,7-8,11-14H2,1H3,(H,27,28,29). The van der Waals surface area contributed by atoms with E-state index in [1.54, 1.807) is 19.2 Å². The number of hydrogen-bond donors (Lipinski definition) is 2. The first-order valence-electron chi connectivity index (χ1n) is 11.1. The number of nitrogens with zero attached hydrogens (tertiary/aromatic N) is 3. The molecule has 32 heavy (non-hydrogen) atoms. The minimum Gasteiger partial charge on any atom is -0.493 e. The Morgan fingerprint density at radius 1 is 1.09 bits per heavy atom. The number of ether oxygens (including phenoxy) is 2. The number of aromatic nitrogens is 2. The van der Waals surface area contributed by atoms with Crippen molar-refractivity contribution in [3.8, 4) is 11.5 Å². The fraction of sp³-hybridized carbons (Fsp3) is 0.417. The summed E-state index contributed by atoms with van der Waals surface area (Å²) in [7, 11) is 1.63. The van der Waals surface area contributed by atoms with Gasteiger partial charge in [0.1, 0.15) is 18.0 Å². The molecule has 1 aromatic heterocycles. The molecule has 0 radical (unpaired) electrons. The molecule has 2 aromatic carbocycles. The van der Waals surface area contributed by atoms with Crippen molar-refractivity contribution < 1.29 is 13.9 Å². The number of halogens is 1. The highest BCUT2D eigenvalue weighted by Crippen LogP contribution is 2.35. The predicted octanol–water partition coefficient (Wildman–Crippen LogP) is 3.44. The molecular weight excluding hydrogens is 409 g/mol. The highest BCUT2D eigenvalue weighted by atomic mass is 19.1. The van der Waals surface area contributed by atoms with Gasteiger partial charge in [0, 0.05) is 36.8 Å². The zero-order valence-corrected chi connectivity index (χ0v) is 18.2. The summed E-state index contributed by atoms with van der Waals surface area (Å²) in [5, 5.41) is 7.53. The second-order valence-corrected chi connectivity index (χ2v) is 8.51. The molecule has 2 atom stereocenters. The minimum atomic E-state index is -0.280. The van der Waals surface area contributed by atoms with E-state index in [2.05, 4.69) is 25.5 Å². The quantitative estimate of drug-likeness (QED) is 0.523. The van der Waals surface area contributed by atoms with Gasteiger partial charge < -0.3 is 25.0 Å².